The highest BCUT2D eigenvalue weighted by atomic mass is 16.6. The van der Waals surface area contributed by atoms with Crippen LogP contribution in [0.2, 0.25) is 0 Å². The Morgan fingerprint density at radius 3 is 2.19 bits per heavy atom. The summed E-state index contributed by atoms with van der Waals surface area (Å²) >= 11 is 0. The summed E-state index contributed by atoms with van der Waals surface area (Å²) < 4.78 is 10.5. The third-order valence-corrected chi connectivity index (χ3v) is 5.35. The molecule has 0 atom stereocenters. The molecule has 1 aromatic carbocycles. The molecule has 0 N–H and O–H groups in total. The first-order valence-corrected chi connectivity index (χ1v) is 10.4. The third kappa shape index (κ3) is 4.10. The van der Waals surface area contributed by atoms with E-state index in [0.717, 1.165) is 10.6 Å². The molecule has 0 saturated carbocycles. The van der Waals surface area contributed by atoms with Crippen molar-refractivity contribution >= 4 is 29.3 Å². The number of imide groups is 1. The topological polar surface area (TPSA) is 92.3 Å². The fourth-order valence-electron chi connectivity index (χ4n) is 3.76. The maximum absolute atomic E-state index is 13.0. The molecule has 2 aliphatic rings. The number of hydrogen-bond donors (Lipinski definition) is 0. The van der Waals surface area contributed by atoms with Gasteiger partial charge in [0.25, 0.3) is 11.8 Å². The van der Waals surface area contributed by atoms with Crippen molar-refractivity contribution in [2.45, 2.75) is 26.4 Å². The molecule has 9 heteroatoms. The lowest BCUT2D eigenvalue weighted by Gasteiger charge is -2.36. The van der Waals surface area contributed by atoms with E-state index in [1.807, 2.05) is 26.8 Å². The Labute approximate surface area is 186 Å². The number of methoxy groups -OCH3 is 1. The molecule has 2 aliphatic heterocycles. The van der Waals surface area contributed by atoms with E-state index in [1.54, 1.807) is 29.2 Å². The second-order valence-corrected chi connectivity index (χ2v) is 8.69. The first-order chi connectivity index (χ1) is 15.2. The Balaban J connectivity index is 1.48. The lowest BCUT2D eigenvalue weighted by Crippen LogP contribution is -2.50. The molecule has 3 amide bonds. The number of rotatable bonds is 3. The number of carbonyl (C=O) groups is 3. The van der Waals surface area contributed by atoms with Crippen LogP contribution in [0, 0.1) is 0 Å². The van der Waals surface area contributed by atoms with E-state index >= 15 is 0 Å². The van der Waals surface area contributed by atoms with Gasteiger partial charge in [-0.1, -0.05) is 0 Å². The van der Waals surface area contributed by atoms with Gasteiger partial charge >= 0.3 is 6.09 Å². The zero-order valence-electron chi connectivity index (χ0n) is 18.6. The number of aromatic nitrogens is 1. The minimum atomic E-state index is -0.535. The zero-order valence-corrected chi connectivity index (χ0v) is 18.6. The van der Waals surface area contributed by atoms with Gasteiger partial charge in [0.05, 0.1) is 30.1 Å². The minimum absolute atomic E-state index is 0.323. The van der Waals surface area contributed by atoms with Gasteiger partial charge in [0.2, 0.25) is 5.88 Å². The van der Waals surface area contributed by atoms with Gasteiger partial charge in [0, 0.05) is 37.9 Å². The predicted octanol–water partition coefficient (Wildman–Crippen LogP) is 2.95. The van der Waals surface area contributed by atoms with E-state index in [2.05, 4.69) is 9.88 Å². The van der Waals surface area contributed by atoms with Crippen LogP contribution in [-0.4, -0.2) is 66.7 Å². The molecule has 0 spiro atoms. The maximum Gasteiger partial charge on any atom is 0.410 e. The summed E-state index contributed by atoms with van der Waals surface area (Å²) in [4.78, 5) is 47.2. The lowest BCUT2D eigenvalue weighted by atomic mass is 10.1. The molecular formula is C23H26N4O5. The molecular weight excluding hydrogens is 412 g/mol. The Morgan fingerprint density at radius 2 is 1.59 bits per heavy atom. The van der Waals surface area contributed by atoms with Crippen LogP contribution in [0.3, 0.4) is 0 Å². The first-order valence-electron chi connectivity index (χ1n) is 10.4. The van der Waals surface area contributed by atoms with Crippen LogP contribution in [0.1, 0.15) is 41.5 Å². The second kappa shape index (κ2) is 8.14. The molecule has 32 heavy (non-hydrogen) atoms. The second-order valence-electron chi connectivity index (χ2n) is 8.69. The fraction of sp³-hybridized carbons (Fsp3) is 0.391. The number of amides is 3. The van der Waals surface area contributed by atoms with E-state index in [-0.39, 0.29) is 17.9 Å². The smallest absolute Gasteiger partial charge is 0.410 e. The third-order valence-electron chi connectivity index (χ3n) is 5.35. The normalized spacial score (nSPS) is 16.3. The Hall–Kier alpha value is -3.62. The molecule has 1 aromatic heterocycles. The maximum atomic E-state index is 13.0. The van der Waals surface area contributed by atoms with Crippen LogP contribution in [0.4, 0.5) is 16.2 Å². The number of anilines is 2. The summed E-state index contributed by atoms with van der Waals surface area (Å²) in [5.74, 6) is -0.359. The SMILES string of the molecule is COc1ccc(N2C(=O)c3ccc(N4CCN(C(=O)OC(C)(C)C)CC4)cc3C2=O)cn1. The number of ether oxygens (including phenoxy) is 2. The number of pyridine rings is 1. The van der Waals surface area contributed by atoms with E-state index in [4.69, 9.17) is 9.47 Å². The summed E-state index contributed by atoms with van der Waals surface area (Å²) in [5, 5.41) is 0. The summed E-state index contributed by atoms with van der Waals surface area (Å²) in [5.41, 5.74) is 1.42. The van der Waals surface area contributed by atoms with E-state index in [1.165, 1.54) is 13.3 Å². The molecule has 0 bridgehead atoms. The Bertz CT molecular complexity index is 1050. The van der Waals surface area contributed by atoms with E-state index < -0.39 is 5.60 Å². The van der Waals surface area contributed by atoms with Crippen molar-refractivity contribution in [1.29, 1.82) is 0 Å². The first kappa shape index (κ1) is 21.6. The number of hydrogen-bond acceptors (Lipinski definition) is 7. The van der Waals surface area contributed by atoms with Crippen molar-refractivity contribution < 1.29 is 23.9 Å². The van der Waals surface area contributed by atoms with Crippen LogP contribution < -0.4 is 14.5 Å². The number of piperazine rings is 1. The zero-order chi connectivity index (χ0) is 23.0. The van der Waals surface area contributed by atoms with Crippen molar-refractivity contribution in [1.82, 2.24) is 9.88 Å². The highest BCUT2D eigenvalue weighted by Gasteiger charge is 2.37. The molecule has 2 aromatic rings. The summed E-state index contributed by atoms with van der Waals surface area (Å²) in [6.07, 6.45) is 1.12. The quantitative estimate of drug-likeness (QED) is 0.681. The molecule has 9 nitrogen and oxygen atoms in total. The van der Waals surface area contributed by atoms with E-state index in [0.29, 0.717) is 48.9 Å². The molecule has 0 radical (unpaired) electrons. The Kier molecular flexibility index (Phi) is 5.50. The van der Waals surface area contributed by atoms with Crippen molar-refractivity contribution in [2.75, 3.05) is 43.1 Å². The number of benzene rings is 1. The standard InChI is InChI=1S/C23H26N4O5/c1-23(2,3)32-22(30)26-11-9-25(10-12-26)15-5-7-17-18(13-15)21(29)27(20(17)28)16-6-8-19(31-4)24-14-16/h5-8,13-14H,9-12H2,1-4H3. The van der Waals surface area contributed by atoms with Crippen molar-refractivity contribution in [3.8, 4) is 5.88 Å². The van der Waals surface area contributed by atoms with Crippen LogP contribution in [0.5, 0.6) is 5.88 Å². The minimum Gasteiger partial charge on any atom is -0.481 e. The van der Waals surface area contributed by atoms with Gasteiger partial charge in [-0.25, -0.2) is 14.7 Å². The molecule has 168 valence electrons. The largest absolute Gasteiger partial charge is 0.481 e. The summed E-state index contributed by atoms with van der Waals surface area (Å²) in [6.45, 7) is 7.77. The summed E-state index contributed by atoms with van der Waals surface area (Å²) in [7, 11) is 1.50. The van der Waals surface area contributed by atoms with Crippen LogP contribution in [-0.2, 0) is 4.74 Å². The number of carbonyl (C=O) groups excluding carboxylic acids is 3. The molecule has 0 unspecified atom stereocenters. The molecule has 4 rings (SSSR count). The van der Waals surface area contributed by atoms with Crippen molar-refractivity contribution in [2.24, 2.45) is 0 Å². The molecule has 3 heterocycles. The van der Waals surface area contributed by atoms with Crippen molar-refractivity contribution in [3.63, 3.8) is 0 Å². The predicted molar refractivity (Wildman–Crippen MR) is 118 cm³/mol. The highest BCUT2D eigenvalue weighted by Crippen LogP contribution is 2.31. The highest BCUT2D eigenvalue weighted by molar-refractivity contribution is 6.34. The van der Waals surface area contributed by atoms with Gasteiger partial charge in [-0.05, 0) is 45.0 Å². The van der Waals surface area contributed by atoms with Crippen LogP contribution in [0.25, 0.3) is 0 Å². The van der Waals surface area contributed by atoms with Gasteiger partial charge in [-0.2, -0.15) is 0 Å². The van der Waals surface area contributed by atoms with Crippen molar-refractivity contribution in [3.05, 3.63) is 47.7 Å². The van der Waals surface area contributed by atoms with Crippen LogP contribution >= 0.6 is 0 Å². The van der Waals surface area contributed by atoms with Gasteiger partial charge in [0.1, 0.15) is 5.60 Å². The monoisotopic (exact) mass is 438 g/mol. The van der Waals surface area contributed by atoms with Gasteiger partial charge in [-0.3, -0.25) is 9.59 Å². The molecule has 1 fully saturated rings. The average Bonchev–Trinajstić information content (AvgIpc) is 3.02. The van der Waals surface area contributed by atoms with Crippen LogP contribution in [0.15, 0.2) is 36.5 Å². The number of fused-ring (bicyclic) bond motifs is 1. The fourth-order valence-corrected chi connectivity index (χ4v) is 3.76. The lowest BCUT2D eigenvalue weighted by molar-refractivity contribution is 0.0240. The summed E-state index contributed by atoms with van der Waals surface area (Å²) in [6, 6.07) is 8.50. The van der Waals surface area contributed by atoms with Gasteiger partial charge in [0.15, 0.2) is 0 Å². The molecule has 0 aliphatic carbocycles. The molecule has 1 saturated heterocycles. The number of nitrogens with zero attached hydrogens (tertiary/aromatic N) is 4. The average molecular weight is 438 g/mol. The van der Waals surface area contributed by atoms with Gasteiger partial charge < -0.3 is 19.3 Å². The van der Waals surface area contributed by atoms with E-state index in [9.17, 15) is 14.4 Å². The Morgan fingerprint density at radius 1 is 0.938 bits per heavy atom. The van der Waals surface area contributed by atoms with Gasteiger partial charge in [-0.15, -0.1) is 0 Å².